The van der Waals surface area contributed by atoms with Crippen molar-refractivity contribution in [3.63, 3.8) is 0 Å². The molecule has 0 unspecified atom stereocenters. The molecule has 5 atom stereocenters. The van der Waals surface area contributed by atoms with Crippen LogP contribution in [0.15, 0.2) is 34.3 Å². The van der Waals surface area contributed by atoms with Gasteiger partial charge in [0.2, 0.25) is 29.5 Å². The van der Waals surface area contributed by atoms with E-state index in [0.717, 1.165) is 0 Å². The number of rotatable bonds is 22. The predicted molar refractivity (Wildman–Crippen MR) is 215 cm³/mol. The number of likely N-dealkylation sites (tertiary alicyclic amines) is 1. The van der Waals surface area contributed by atoms with Gasteiger partial charge < -0.3 is 59.3 Å². The first kappa shape index (κ1) is 47.5. The van der Waals surface area contributed by atoms with Crippen molar-refractivity contribution in [1.82, 2.24) is 26.2 Å². The van der Waals surface area contributed by atoms with E-state index in [1.54, 1.807) is 32.9 Å². The molecular formula is C38H63N11O8. The van der Waals surface area contributed by atoms with E-state index in [1.165, 1.54) is 17.0 Å². The summed E-state index contributed by atoms with van der Waals surface area (Å²) in [5, 5.41) is 30.5. The maximum absolute atomic E-state index is 14.1. The maximum Gasteiger partial charge on any atom is 0.326 e. The zero-order chi connectivity index (χ0) is 42.9. The van der Waals surface area contributed by atoms with Gasteiger partial charge in [-0.25, -0.2) is 4.79 Å². The summed E-state index contributed by atoms with van der Waals surface area (Å²) < 4.78 is 0. The van der Waals surface area contributed by atoms with Gasteiger partial charge in [0.1, 0.15) is 36.0 Å². The average molecular weight is 802 g/mol. The van der Waals surface area contributed by atoms with Crippen molar-refractivity contribution in [3.05, 3.63) is 29.8 Å². The normalized spacial score (nSPS) is 16.0. The van der Waals surface area contributed by atoms with Crippen molar-refractivity contribution in [2.75, 3.05) is 19.6 Å². The molecule has 1 aliphatic rings. The Balaban J connectivity index is 2.34. The SMILES string of the molecule is CC(C)C[C@H](NC(=O)[C@@H](NC(=O)[C@H](Cc1ccc(O)cc1)NC(=O)[C@@H]1CCCN1C(=O)[C@H](CCCN=C(N)N)NC(=O)CCCCN=C(N)N)C(C)(C)C)C(=O)O. The summed E-state index contributed by atoms with van der Waals surface area (Å²) in [4.78, 5) is 89.9. The molecule has 2 rings (SSSR count). The van der Waals surface area contributed by atoms with Gasteiger partial charge in [-0.3, -0.25) is 34.0 Å². The number of carboxylic acid groups (broad SMARTS) is 1. The highest BCUT2D eigenvalue weighted by atomic mass is 16.4. The lowest BCUT2D eigenvalue weighted by Crippen LogP contribution is -2.61. The van der Waals surface area contributed by atoms with Crippen LogP contribution < -0.4 is 44.2 Å². The highest BCUT2D eigenvalue weighted by Gasteiger charge is 2.40. The number of amides is 5. The van der Waals surface area contributed by atoms with Crippen molar-refractivity contribution >= 4 is 47.4 Å². The zero-order valence-electron chi connectivity index (χ0n) is 33.8. The number of phenols is 1. The summed E-state index contributed by atoms with van der Waals surface area (Å²) in [5.41, 5.74) is 21.3. The number of phenolic OH excluding ortho intramolecular Hbond substituents is 1. The fourth-order valence-electron chi connectivity index (χ4n) is 6.35. The Morgan fingerprint density at radius 1 is 0.825 bits per heavy atom. The summed E-state index contributed by atoms with van der Waals surface area (Å²) in [6, 6.07) is 0.414. The van der Waals surface area contributed by atoms with Gasteiger partial charge in [0.15, 0.2) is 11.9 Å². The monoisotopic (exact) mass is 801 g/mol. The quantitative estimate of drug-likeness (QED) is 0.0405. The molecule has 57 heavy (non-hydrogen) atoms. The molecule has 0 bridgehead atoms. The molecule has 0 aliphatic carbocycles. The van der Waals surface area contributed by atoms with Crippen molar-refractivity contribution in [2.24, 2.45) is 44.3 Å². The van der Waals surface area contributed by atoms with Crippen molar-refractivity contribution in [3.8, 4) is 5.75 Å². The van der Waals surface area contributed by atoms with E-state index >= 15 is 0 Å². The van der Waals surface area contributed by atoms with Gasteiger partial charge in [0.25, 0.3) is 0 Å². The molecule has 14 N–H and O–H groups in total. The fourth-order valence-corrected chi connectivity index (χ4v) is 6.35. The van der Waals surface area contributed by atoms with Crippen LogP contribution in [0.25, 0.3) is 0 Å². The number of guanidine groups is 2. The maximum atomic E-state index is 14.1. The number of benzene rings is 1. The minimum absolute atomic E-state index is 0.00589. The van der Waals surface area contributed by atoms with Crippen LogP contribution in [0.4, 0.5) is 0 Å². The number of nitrogens with two attached hydrogens (primary N) is 4. The van der Waals surface area contributed by atoms with Crippen molar-refractivity contribution in [1.29, 1.82) is 0 Å². The third kappa shape index (κ3) is 17.0. The van der Waals surface area contributed by atoms with Crippen molar-refractivity contribution in [2.45, 2.75) is 123 Å². The Hall–Kier alpha value is -5.62. The first-order valence-corrected chi connectivity index (χ1v) is 19.3. The summed E-state index contributed by atoms with van der Waals surface area (Å²) in [6.45, 7) is 9.57. The second-order valence-corrected chi connectivity index (χ2v) is 15.8. The topological polar surface area (TPSA) is 323 Å². The van der Waals surface area contributed by atoms with E-state index in [4.69, 9.17) is 22.9 Å². The number of aliphatic carboxylic acids is 1. The lowest BCUT2D eigenvalue weighted by Gasteiger charge is -2.33. The van der Waals surface area contributed by atoms with Gasteiger partial charge in [0.05, 0.1) is 0 Å². The third-order valence-electron chi connectivity index (χ3n) is 9.27. The van der Waals surface area contributed by atoms with Gasteiger partial charge in [0, 0.05) is 32.5 Å². The molecule has 1 heterocycles. The molecule has 1 aromatic carbocycles. The molecule has 1 aliphatic heterocycles. The Morgan fingerprint density at radius 3 is 2.00 bits per heavy atom. The van der Waals surface area contributed by atoms with Gasteiger partial charge >= 0.3 is 5.97 Å². The van der Waals surface area contributed by atoms with E-state index in [-0.39, 0.29) is 74.7 Å². The van der Waals surface area contributed by atoms with E-state index in [1.807, 2.05) is 13.8 Å². The molecule has 19 heteroatoms. The summed E-state index contributed by atoms with van der Waals surface area (Å²) in [6.07, 6.45) is 2.54. The zero-order valence-corrected chi connectivity index (χ0v) is 33.8. The van der Waals surface area contributed by atoms with Gasteiger partial charge in [-0.1, -0.05) is 46.8 Å². The fraction of sp³-hybridized carbons (Fsp3) is 0.632. The minimum Gasteiger partial charge on any atom is -0.508 e. The predicted octanol–water partition coefficient (Wildman–Crippen LogP) is -0.461. The molecule has 1 fully saturated rings. The number of carbonyl (C=O) groups excluding carboxylic acids is 5. The number of nitrogens with one attached hydrogen (secondary N) is 4. The van der Waals surface area contributed by atoms with Crippen molar-refractivity contribution < 1.29 is 39.0 Å². The molecule has 0 spiro atoms. The molecule has 19 nitrogen and oxygen atoms in total. The Bertz CT molecular complexity index is 1590. The van der Waals surface area contributed by atoms with Crippen LogP contribution >= 0.6 is 0 Å². The summed E-state index contributed by atoms with van der Waals surface area (Å²) >= 11 is 0. The van der Waals surface area contributed by atoms with E-state index < -0.39 is 65.2 Å². The molecule has 318 valence electrons. The van der Waals surface area contributed by atoms with Gasteiger partial charge in [-0.15, -0.1) is 0 Å². The lowest BCUT2D eigenvalue weighted by atomic mass is 9.85. The molecular weight excluding hydrogens is 738 g/mol. The summed E-state index contributed by atoms with van der Waals surface area (Å²) in [7, 11) is 0. The molecule has 0 saturated carbocycles. The Kier molecular flexibility index (Phi) is 19.0. The van der Waals surface area contributed by atoms with Crippen LogP contribution in [-0.4, -0.2) is 112 Å². The van der Waals surface area contributed by atoms with Crippen LogP contribution in [0.3, 0.4) is 0 Å². The molecule has 5 amide bonds. The highest BCUT2D eigenvalue weighted by Crippen LogP contribution is 2.23. The Labute approximate surface area is 334 Å². The number of carbonyl (C=O) groups is 6. The van der Waals surface area contributed by atoms with Gasteiger partial charge in [-0.2, -0.15) is 0 Å². The Morgan fingerprint density at radius 2 is 1.44 bits per heavy atom. The number of aromatic hydroxyl groups is 1. The third-order valence-corrected chi connectivity index (χ3v) is 9.27. The highest BCUT2D eigenvalue weighted by molar-refractivity contribution is 5.96. The number of hydrogen-bond donors (Lipinski definition) is 10. The van der Waals surface area contributed by atoms with E-state index in [0.29, 0.717) is 37.8 Å². The second-order valence-electron chi connectivity index (χ2n) is 15.8. The second kappa shape index (κ2) is 22.8. The average Bonchev–Trinajstić information content (AvgIpc) is 3.61. The summed E-state index contributed by atoms with van der Waals surface area (Å²) in [5.74, 6) is -4.31. The lowest BCUT2D eigenvalue weighted by molar-refractivity contribution is -0.143. The first-order valence-electron chi connectivity index (χ1n) is 19.3. The van der Waals surface area contributed by atoms with Crippen LogP contribution in [0.2, 0.25) is 0 Å². The molecule has 1 saturated heterocycles. The standard InChI is InChI=1S/C38H63N11O8/c1-22(2)20-27(35(56)57)47-33(54)30(38(3,4)5)48-31(52)26(21-23-13-15-24(50)16-14-23)46-32(53)28-11-9-19-49(28)34(55)25(10-8-18-44-37(41)42)45-29(51)12-6-7-17-43-36(39)40/h13-16,22,25-28,30,50H,6-12,17-21H2,1-5H3,(H,45,51)(H,46,53)(H,47,54)(H,48,52)(H,56,57)(H4,39,40,43)(H4,41,42,44)/t25-,26-,27-,28-,30+/m0/s1. The number of aliphatic imine (C=N–C) groups is 2. The first-order chi connectivity index (χ1) is 26.7. The van der Waals surface area contributed by atoms with E-state index in [2.05, 4.69) is 31.3 Å². The largest absolute Gasteiger partial charge is 0.508 e. The molecule has 0 radical (unpaired) electrons. The number of unbranched alkanes of at least 4 members (excludes halogenated alkanes) is 1. The smallest absolute Gasteiger partial charge is 0.326 e. The molecule has 0 aromatic heterocycles. The van der Waals surface area contributed by atoms with Crippen LogP contribution in [0.5, 0.6) is 5.75 Å². The number of carboxylic acids is 1. The number of hydrogen-bond acceptors (Lipinski definition) is 9. The number of nitrogens with zero attached hydrogens (tertiary/aromatic N) is 3. The van der Waals surface area contributed by atoms with Crippen LogP contribution in [0.1, 0.15) is 91.5 Å². The van der Waals surface area contributed by atoms with Gasteiger partial charge in [-0.05, 0) is 74.0 Å². The van der Waals surface area contributed by atoms with E-state index in [9.17, 15) is 39.0 Å². The van der Waals surface area contributed by atoms with Crippen LogP contribution in [-0.2, 0) is 35.2 Å². The molecule has 1 aromatic rings. The van der Waals surface area contributed by atoms with Crippen LogP contribution in [0, 0.1) is 11.3 Å². The minimum atomic E-state index is -1.25.